The van der Waals surface area contributed by atoms with Crippen molar-refractivity contribution in [3.63, 3.8) is 0 Å². The molecule has 3 rings (SSSR count). The number of aryl methyl sites for hydroxylation is 2. The Kier molecular flexibility index (Phi) is 1.86. The third kappa shape index (κ3) is 1.18. The van der Waals surface area contributed by atoms with Gasteiger partial charge in [0.15, 0.2) is 0 Å². The molecule has 0 fully saturated rings. The lowest BCUT2D eigenvalue weighted by molar-refractivity contribution is 0.931. The van der Waals surface area contributed by atoms with E-state index in [9.17, 15) is 0 Å². The van der Waals surface area contributed by atoms with Gasteiger partial charge in [-0.2, -0.15) is 0 Å². The lowest BCUT2D eigenvalue weighted by Crippen LogP contribution is -1.93. The molecule has 0 saturated heterocycles. The molecule has 0 aliphatic heterocycles. The Morgan fingerprint density at radius 2 is 2.00 bits per heavy atom. The lowest BCUT2D eigenvalue weighted by Gasteiger charge is -2.04. The van der Waals surface area contributed by atoms with E-state index in [1.165, 1.54) is 5.39 Å². The number of hydrogen-bond donors (Lipinski definition) is 0. The molecule has 0 aliphatic rings. The van der Waals surface area contributed by atoms with E-state index in [2.05, 4.69) is 32.4 Å². The van der Waals surface area contributed by atoms with Gasteiger partial charge in [-0.1, -0.05) is 0 Å². The number of nitrogens with zero attached hydrogens (tertiary/aromatic N) is 3. The minimum atomic E-state index is 0.991. The summed E-state index contributed by atoms with van der Waals surface area (Å²) in [6.45, 7) is 0. The Labute approximate surface area is 94.0 Å². The number of aromatic nitrogens is 3. The molecule has 0 aromatic carbocycles. The monoisotopic (exact) mass is 210 g/mol. The van der Waals surface area contributed by atoms with Gasteiger partial charge in [0.25, 0.3) is 0 Å². The van der Waals surface area contributed by atoms with E-state index in [0.29, 0.717) is 0 Å². The van der Waals surface area contributed by atoms with Gasteiger partial charge in [0, 0.05) is 31.9 Å². The molecule has 1 radical (unpaired) electrons. The SMILES string of the molecule is Cn1cccc1-c1n[c]cc2c1ccn2C. The van der Waals surface area contributed by atoms with Crippen molar-refractivity contribution in [2.75, 3.05) is 0 Å². The van der Waals surface area contributed by atoms with Crippen molar-refractivity contribution < 1.29 is 0 Å². The summed E-state index contributed by atoms with van der Waals surface area (Å²) < 4.78 is 4.16. The summed E-state index contributed by atoms with van der Waals surface area (Å²) in [5.41, 5.74) is 3.27. The van der Waals surface area contributed by atoms with Crippen LogP contribution in [0.25, 0.3) is 22.3 Å². The van der Waals surface area contributed by atoms with E-state index in [0.717, 1.165) is 16.9 Å². The fraction of sp³-hybridized carbons (Fsp3) is 0.154. The summed E-state index contributed by atoms with van der Waals surface area (Å²) in [7, 11) is 4.06. The molecule has 0 amide bonds. The van der Waals surface area contributed by atoms with Crippen LogP contribution in [0, 0.1) is 6.20 Å². The van der Waals surface area contributed by atoms with Crippen molar-refractivity contribution in [3.05, 3.63) is 42.9 Å². The standard InChI is InChI=1S/C13H12N3/c1-15-8-3-4-12(15)13-10-6-9-16(2)11(10)5-7-14-13/h3-6,8-9H,1-2H3. The molecule has 0 atom stereocenters. The maximum absolute atomic E-state index is 4.36. The van der Waals surface area contributed by atoms with Gasteiger partial charge < -0.3 is 9.13 Å². The first-order valence-corrected chi connectivity index (χ1v) is 5.21. The predicted molar refractivity (Wildman–Crippen MR) is 64.0 cm³/mol. The second-order valence-electron chi connectivity index (χ2n) is 3.96. The van der Waals surface area contributed by atoms with Crippen LogP contribution in [0.1, 0.15) is 0 Å². The van der Waals surface area contributed by atoms with Crippen molar-refractivity contribution in [2.45, 2.75) is 0 Å². The largest absolute Gasteiger partial charge is 0.350 e. The van der Waals surface area contributed by atoms with E-state index in [1.807, 2.05) is 38.6 Å². The number of hydrogen-bond acceptors (Lipinski definition) is 1. The van der Waals surface area contributed by atoms with E-state index in [-0.39, 0.29) is 0 Å². The zero-order valence-electron chi connectivity index (χ0n) is 9.31. The second kappa shape index (κ2) is 3.23. The van der Waals surface area contributed by atoms with Crippen LogP contribution in [0.15, 0.2) is 36.7 Å². The number of pyridine rings is 1. The molecule has 0 aliphatic carbocycles. The van der Waals surface area contributed by atoms with Crippen LogP contribution in [-0.4, -0.2) is 14.1 Å². The van der Waals surface area contributed by atoms with Crippen molar-refractivity contribution in [1.29, 1.82) is 0 Å². The van der Waals surface area contributed by atoms with Gasteiger partial charge in [0.05, 0.1) is 23.1 Å². The minimum Gasteiger partial charge on any atom is -0.350 e. The Balaban J connectivity index is 2.36. The number of rotatable bonds is 1. The van der Waals surface area contributed by atoms with Crippen molar-refractivity contribution in [2.24, 2.45) is 14.1 Å². The van der Waals surface area contributed by atoms with Crippen LogP contribution in [0.3, 0.4) is 0 Å². The van der Waals surface area contributed by atoms with Crippen LogP contribution in [0.4, 0.5) is 0 Å². The van der Waals surface area contributed by atoms with Crippen molar-refractivity contribution in [3.8, 4) is 11.4 Å². The summed E-state index contributed by atoms with van der Waals surface area (Å²) >= 11 is 0. The maximum Gasteiger partial charge on any atom is 0.0968 e. The molecular weight excluding hydrogens is 198 g/mol. The minimum absolute atomic E-state index is 0.991. The molecular formula is C13H12N3. The highest BCUT2D eigenvalue weighted by atomic mass is 15.0. The van der Waals surface area contributed by atoms with Crippen LogP contribution < -0.4 is 0 Å². The molecule has 3 aromatic rings. The van der Waals surface area contributed by atoms with E-state index >= 15 is 0 Å². The molecule has 0 bridgehead atoms. The maximum atomic E-state index is 4.36. The fourth-order valence-corrected chi connectivity index (χ4v) is 2.04. The van der Waals surface area contributed by atoms with Gasteiger partial charge in [-0.25, -0.2) is 4.98 Å². The van der Waals surface area contributed by atoms with Crippen LogP contribution in [0.2, 0.25) is 0 Å². The molecule has 3 heterocycles. The summed E-state index contributed by atoms with van der Waals surface area (Å²) in [5.74, 6) is 0. The highest BCUT2D eigenvalue weighted by Gasteiger charge is 2.09. The molecule has 0 spiro atoms. The van der Waals surface area contributed by atoms with Crippen molar-refractivity contribution in [1.82, 2.24) is 14.1 Å². The smallest absolute Gasteiger partial charge is 0.0968 e. The van der Waals surface area contributed by atoms with Gasteiger partial charge >= 0.3 is 0 Å². The molecule has 0 unspecified atom stereocenters. The topological polar surface area (TPSA) is 22.8 Å². The summed E-state index contributed by atoms with van der Waals surface area (Å²) in [6.07, 6.45) is 7.04. The summed E-state index contributed by atoms with van der Waals surface area (Å²) in [6, 6.07) is 8.11. The van der Waals surface area contributed by atoms with Gasteiger partial charge in [-0.3, -0.25) is 0 Å². The molecule has 0 saturated carbocycles. The zero-order valence-corrected chi connectivity index (χ0v) is 9.31. The van der Waals surface area contributed by atoms with Gasteiger partial charge in [-0.05, 0) is 24.3 Å². The summed E-state index contributed by atoms with van der Waals surface area (Å²) in [5, 5.41) is 1.17. The Morgan fingerprint density at radius 1 is 1.12 bits per heavy atom. The third-order valence-electron chi connectivity index (χ3n) is 2.94. The Hall–Kier alpha value is -2.03. The highest BCUT2D eigenvalue weighted by Crippen LogP contribution is 2.26. The Morgan fingerprint density at radius 3 is 2.75 bits per heavy atom. The van der Waals surface area contributed by atoms with Gasteiger partial charge in [0.1, 0.15) is 0 Å². The molecule has 3 nitrogen and oxygen atoms in total. The van der Waals surface area contributed by atoms with Crippen molar-refractivity contribution >= 4 is 10.9 Å². The van der Waals surface area contributed by atoms with E-state index in [4.69, 9.17) is 0 Å². The third-order valence-corrected chi connectivity index (χ3v) is 2.94. The lowest BCUT2D eigenvalue weighted by atomic mass is 10.2. The molecule has 79 valence electrons. The normalized spacial score (nSPS) is 11.1. The molecule has 16 heavy (non-hydrogen) atoms. The van der Waals surface area contributed by atoms with Gasteiger partial charge in [-0.15, -0.1) is 0 Å². The number of fused-ring (bicyclic) bond motifs is 1. The molecule has 3 heteroatoms. The summed E-state index contributed by atoms with van der Waals surface area (Å²) in [4.78, 5) is 4.36. The second-order valence-corrected chi connectivity index (χ2v) is 3.96. The predicted octanol–water partition coefficient (Wildman–Crippen LogP) is 2.38. The average molecular weight is 210 g/mol. The average Bonchev–Trinajstić information content (AvgIpc) is 2.86. The highest BCUT2D eigenvalue weighted by molar-refractivity contribution is 5.92. The molecule has 0 N–H and O–H groups in total. The first-order chi connectivity index (χ1) is 7.77. The van der Waals surface area contributed by atoms with E-state index < -0.39 is 0 Å². The fourth-order valence-electron chi connectivity index (χ4n) is 2.04. The quantitative estimate of drug-likeness (QED) is 0.604. The first-order valence-electron chi connectivity index (χ1n) is 5.21. The van der Waals surface area contributed by atoms with E-state index in [1.54, 1.807) is 0 Å². The molecule has 3 aromatic heterocycles. The van der Waals surface area contributed by atoms with Crippen LogP contribution >= 0.6 is 0 Å². The zero-order chi connectivity index (χ0) is 11.1. The van der Waals surface area contributed by atoms with Crippen LogP contribution in [-0.2, 0) is 14.1 Å². The Bertz CT molecular complexity index is 646. The van der Waals surface area contributed by atoms with Gasteiger partial charge in [0.2, 0.25) is 0 Å². The van der Waals surface area contributed by atoms with Crippen LogP contribution in [0.5, 0.6) is 0 Å². The first kappa shape index (κ1) is 9.21.